The highest BCUT2D eigenvalue weighted by Gasteiger charge is 2.09. The van der Waals surface area contributed by atoms with Crippen LogP contribution in [0.25, 0.3) is 10.8 Å². The van der Waals surface area contributed by atoms with Gasteiger partial charge in [-0.2, -0.15) is 5.26 Å². The van der Waals surface area contributed by atoms with E-state index in [0.29, 0.717) is 16.9 Å². The Morgan fingerprint density at radius 3 is 2.31 bits per heavy atom. The van der Waals surface area contributed by atoms with Crippen LogP contribution in [0, 0.1) is 11.3 Å². The molecule has 3 aromatic carbocycles. The molecular weight excluding hydrogens is 436 g/mol. The molecule has 5 aromatic rings. The Labute approximate surface area is 202 Å². The first-order chi connectivity index (χ1) is 17.2. The number of fused-ring (bicyclic) bond motifs is 1. The van der Waals surface area contributed by atoms with Gasteiger partial charge in [0.15, 0.2) is 0 Å². The summed E-state index contributed by atoms with van der Waals surface area (Å²) in [6, 6.07) is 28.2. The number of benzene rings is 3. The first-order valence-corrected chi connectivity index (χ1v) is 10.9. The molecule has 0 aliphatic heterocycles. The predicted octanol–water partition coefficient (Wildman–Crippen LogP) is 6.24. The minimum Gasteiger partial charge on any atom is -0.355 e. The molecule has 0 spiro atoms. The Balaban J connectivity index is 1.30. The van der Waals surface area contributed by atoms with Gasteiger partial charge in [-0.3, -0.25) is 9.78 Å². The lowest BCUT2D eigenvalue weighted by molar-refractivity contribution is 0.102. The zero-order chi connectivity index (χ0) is 24.0. The van der Waals surface area contributed by atoms with Crippen molar-refractivity contribution in [3.63, 3.8) is 0 Å². The largest absolute Gasteiger partial charge is 0.355 e. The van der Waals surface area contributed by atoms with Crippen molar-refractivity contribution < 1.29 is 4.79 Å². The Bertz CT molecular complexity index is 1540. The van der Waals surface area contributed by atoms with E-state index in [1.165, 1.54) is 0 Å². The lowest BCUT2D eigenvalue weighted by Gasteiger charge is -2.12. The quantitative estimate of drug-likeness (QED) is 0.279. The summed E-state index contributed by atoms with van der Waals surface area (Å²) in [6.45, 7) is 0. The maximum atomic E-state index is 12.9. The Morgan fingerprint density at radius 1 is 0.771 bits per heavy atom. The molecule has 168 valence electrons. The van der Waals surface area contributed by atoms with Gasteiger partial charge >= 0.3 is 0 Å². The van der Waals surface area contributed by atoms with Crippen molar-refractivity contribution in [3.05, 3.63) is 115 Å². The molecule has 0 bridgehead atoms. The Morgan fingerprint density at radius 2 is 1.51 bits per heavy atom. The number of amides is 1. The van der Waals surface area contributed by atoms with Gasteiger partial charge in [-0.05, 0) is 66.7 Å². The molecule has 0 aliphatic rings. The van der Waals surface area contributed by atoms with E-state index >= 15 is 0 Å². The van der Waals surface area contributed by atoms with Crippen LogP contribution in [0.2, 0.25) is 0 Å². The van der Waals surface area contributed by atoms with E-state index in [0.717, 1.165) is 33.5 Å². The van der Waals surface area contributed by atoms with Gasteiger partial charge in [0.25, 0.3) is 5.91 Å². The van der Waals surface area contributed by atoms with E-state index in [9.17, 15) is 10.1 Å². The fourth-order valence-electron chi connectivity index (χ4n) is 3.68. The third kappa shape index (κ3) is 5.07. The number of carbonyl (C=O) groups excluding carboxylic acids is 1. The van der Waals surface area contributed by atoms with Crippen LogP contribution < -0.4 is 16.0 Å². The lowest BCUT2D eigenvalue weighted by Crippen LogP contribution is -2.12. The number of nitrogens with one attached hydrogen (secondary N) is 3. The number of nitriles is 1. The average Bonchev–Trinajstić information content (AvgIpc) is 2.90. The number of anilines is 5. The average molecular weight is 457 g/mol. The van der Waals surface area contributed by atoms with Crippen molar-refractivity contribution in [2.75, 3.05) is 16.0 Å². The highest BCUT2D eigenvalue weighted by Crippen LogP contribution is 2.27. The molecule has 2 aromatic heterocycles. The van der Waals surface area contributed by atoms with Gasteiger partial charge < -0.3 is 16.0 Å². The summed E-state index contributed by atoms with van der Waals surface area (Å²) in [5.41, 5.74) is 5.00. The molecule has 5 rings (SSSR count). The van der Waals surface area contributed by atoms with Gasteiger partial charge in [-0.25, -0.2) is 4.98 Å². The summed E-state index contributed by atoms with van der Waals surface area (Å²) < 4.78 is 0. The predicted molar refractivity (Wildman–Crippen MR) is 138 cm³/mol. The molecule has 2 heterocycles. The minimum absolute atomic E-state index is 0.211. The van der Waals surface area contributed by atoms with Crippen LogP contribution in [-0.2, 0) is 0 Å². The molecular formula is C28H20N6O. The van der Waals surface area contributed by atoms with E-state index in [-0.39, 0.29) is 5.91 Å². The summed E-state index contributed by atoms with van der Waals surface area (Å²) >= 11 is 0. The molecule has 0 radical (unpaired) electrons. The summed E-state index contributed by atoms with van der Waals surface area (Å²) in [7, 11) is 0. The van der Waals surface area contributed by atoms with Crippen molar-refractivity contribution in [2.24, 2.45) is 0 Å². The van der Waals surface area contributed by atoms with E-state index < -0.39 is 0 Å². The summed E-state index contributed by atoms with van der Waals surface area (Å²) in [6.07, 6.45) is 5.13. The Hall–Kier alpha value is -5.22. The van der Waals surface area contributed by atoms with Crippen LogP contribution in [0.5, 0.6) is 0 Å². The second kappa shape index (κ2) is 9.73. The fraction of sp³-hybridized carbons (Fsp3) is 0. The maximum absolute atomic E-state index is 12.9. The van der Waals surface area contributed by atoms with Crippen molar-refractivity contribution in [3.8, 4) is 6.07 Å². The number of nitrogens with zero attached hydrogens (tertiary/aromatic N) is 3. The van der Waals surface area contributed by atoms with Crippen molar-refractivity contribution in [1.82, 2.24) is 9.97 Å². The van der Waals surface area contributed by atoms with Gasteiger partial charge in [0.1, 0.15) is 11.8 Å². The summed E-state index contributed by atoms with van der Waals surface area (Å²) in [5.74, 6) is -0.211. The number of hydrogen-bond donors (Lipinski definition) is 3. The van der Waals surface area contributed by atoms with E-state index in [1.54, 1.807) is 36.8 Å². The smallest absolute Gasteiger partial charge is 0.255 e. The minimum atomic E-state index is -0.211. The molecule has 1 amide bonds. The van der Waals surface area contributed by atoms with E-state index in [4.69, 9.17) is 0 Å². The maximum Gasteiger partial charge on any atom is 0.255 e. The van der Waals surface area contributed by atoms with Crippen LogP contribution in [0.4, 0.5) is 28.4 Å². The van der Waals surface area contributed by atoms with Gasteiger partial charge in [0, 0.05) is 63.4 Å². The third-order valence-electron chi connectivity index (χ3n) is 5.39. The highest BCUT2D eigenvalue weighted by atomic mass is 16.1. The second-order valence-corrected chi connectivity index (χ2v) is 7.81. The molecule has 0 aliphatic carbocycles. The number of rotatable bonds is 6. The first-order valence-electron chi connectivity index (χ1n) is 10.9. The number of pyridine rings is 2. The molecule has 7 heteroatoms. The molecule has 0 atom stereocenters. The standard InChI is InChI=1S/C28H20N6O/c29-17-25-16-26-20(18-31-25)4-2-6-27(26)33-24-5-1-3-19(15-24)28(35)34-22-9-7-21(8-10-22)32-23-11-13-30-14-12-23/h1-16,18,33H,(H,30,32)(H,34,35). The molecule has 0 fully saturated rings. The molecule has 7 nitrogen and oxygen atoms in total. The first kappa shape index (κ1) is 21.6. The zero-order valence-electron chi connectivity index (χ0n) is 18.6. The SMILES string of the molecule is N#Cc1cc2c(Nc3cccc(C(=O)Nc4ccc(Nc5ccncc5)cc4)c3)cccc2cn1. The fourth-order valence-corrected chi connectivity index (χ4v) is 3.68. The summed E-state index contributed by atoms with van der Waals surface area (Å²) in [4.78, 5) is 21.0. The van der Waals surface area contributed by atoms with Crippen LogP contribution in [0.3, 0.4) is 0 Å². The van der Waals surface area contributed by atoms with Gasteiger partial charge in [-0.1, -0.05) is 18.2 Å². The number of aromatic nitrogens is 2. The Kier molecular flexibility index (Phi) is 6.01. The number of carbonyl (C=O) groups is 1. The van der Waals surface area contributed by atoms with E-state index in [1.807, 2.05) is 66.7 Å². The molecule has 35 heavy (non-hydrogen) atoms. The van der Waals surface area contributed by atoms with Crippen LogP contribution >= 0.6 is 0 Å². The highest BCUT2D eigenvalue weighted by molar-refractivity contribution is 6.05. The monoisotopic (exact) mass is 456 g/mol. The zero-order valence-corrected chi connectivity index (χ0v) is 18.6. The molecule has 0 unspecified atom stereocenters. The van der Waals surface area contributed by atoms with Gasteiger partial charge in [-0.15, -0.1) is 0 Å². The van der Waals surface area contributed by atoms with Gasteiger partial charge in [0.05, 0.1) is 0 Å². The van der Waals surface area contributed by atoms with E-state index in [2.05, 4.69) is 32.0 Å². The van der Waals surface area contributed by atoms with Gasteiger partial charge in [0.2, 0.25) is 0 Å². The molecule has 0 saturated heterocycles. The van der Waals surface area contributed by atoms with Crippen LogP contribution in [-0.4, -0.2) is 15.9 Å². The summed E-state index contributed by atoms with van der Waals surface area (Å²) in [5, 5.41) is 20.6. The second-order valence-electron chi connectivity index (χ2n) is 7.81. The normalized spacial score (nSPS) is 10.4. The topological polar surface area (TPSA) is 103 Å². The lowest BCUT2D eigenvalue weighted by atomic mass is 10.1. The van der Waals surface area contributed by atoms with Crippen LogP contribution in [0.15, 0.2) is 104 Å². The van der Waals surface area contributed by atoms with Crippen molar-refractivity contribution >= 4 is 45.1 Å². The van der Waals surface area contributed by atoms with Crippen molar-refractivity contribution in [1.29, 1.82) is 5.26 Å². The van der Waals surface area contributed by atoms with Crippen LogP contribution in [0.1, 0.15) is 16.1 Å². The molecule has 3 N–H and O–H groups in total. The molecule has 0 saturated carbocycles. The third-order valence-corrected chi connectivity index (χ3v) is 5.39. The number of hydrogen-bond acceptors (Lipinski definition) is 6. The van der Waals surface area contributed by atoms with Crippen molar-refractivity contribution in [2.45, 2.75) is 0 Å².